The lowest BCUT2D eigenvalue weighted by Crippen LogP contribution is -2.41. The molecule has 48 heavy (non-hydrogen) atoms. The number of carbonyl (C=O) groups is 2. The molecule has 4 nitrogen and oxygen atoms in total. The average Bonchev–Trinajstić information content (AvgIpc) is 3.10. The molecule has 0 heterocycles. The summed E-state index contributed by atoms with van der Waals surface area (Å²) in [7, 11) is 0. The summed E-state index contributed by atoms with van der Waals surface area (Å²) in [5, 5.41) is 0. The first-order valence-electron chi connectivity index (χ1n) is 17.1. The number of carbonyl (C=O) groups excluding carboxylic acids is 2. The van der Waals surface area contributed by atoms with E-state index < -0.39 is 23.1 Å². The molecular weight excluding hydrogens is 592 g/mol. The largest absolute Gasteiger partial charge is 0.455 e. The fraction of sp³-hybridized carbons (Fsp3) is 0.273. The number of rotatable bonds is 16. The zero-order valence-electron chi connectivity index (χ0n) is 28.1. The second-order valence-electron chi connectivity index (χ2n) is 12.8. The predicted molar refractivity (Wildman–Crippen MR) is 193 cm³/mol. The third-order valence-corrected chi connectivity index (χ3v) is 8.87. The molecule has 0 spiro atoms. The third-order valence-electron chi connectivity index (χ3n) is 8.87. The Morgan fingerprint density at radius 1 is 0.417 bits per heavy atom. The average molecular weight is 639 g/mol. The van der Waals surface area contributed by atoms with Gasteiger partial charge >= 0.3 is 11.9 Å². The van der Waals surface area contributed by atoms with E-state index in [4.69, 9.17) is 9.47 Å². The van der Waals surface area contributed by atoms with Gasteiger partial charge in [0.05, 0.1) is 11.1 Å². The van der Waals surface area contributed by atoms with E-state index in [9.17, 15) is 9.59 Å². The molecule has 0 aliphatic heterocycles. The Balaban J connectivity index is 1.48. The maximum absolute atomic E-state index is 14.3. The molecule has 0 N–H and O–H groups in total. The lowest BCUT2D eigenvalue weighted by Gasteiger charge is -2.35. The van der Waals surface area contributed by atoms with Crippen molar-refractivity contribution in [3.05, 3.63) is 179 Å². The quantitative estimate of drug-likeness (QED) is 0.101. The molecule has 0 aliphatic carbocycles. The lowest BCUT2D eigenvalue weighted by atomic mass is 9.83. The highest BCUT2D eigenvalue weighted by molar-refractivity contribution is 6.03. The molecule has 5 aromatic rings. The molecule has 0 aromatic heterocycles. The molecule has 246 valence electrons. The molecule has 0 saturated carbocycles. The summed E-state index contributed by atoms with van der Waals surface area (Å²) in [5.74, 6) is -1.04. The second-order valence-corrected chi connectivity index (χ2v) is 12.8. The fourth-order valence-corrected chi connectivity index (χ4v) is 6.85. The van der Waals surface area contributed by atoms with Gasteiger partial charge in [-0.25, -0.2) is 9.59 Å². The Hall–Kier alpha value is -4.96. The van der Waals surface area contributed by atoms with Crippen molar-refractivity contribution in [1.82, 2.24) is 0 Å². The molecule has 0 bridgehead atoms. The molecule has 4 heteroatoms. The van der Waals surface area contributed by atoms with Crippen LogP contribution in [0, 0.1) is 0 Å². The summed E-state index contributed by atoms with van der Waals surface area (Å²) in [4.78, 5) is 28.6. The summed E-state index contributed by atoms with van der Waals surface area (Å²) < 4.78 is 13.2. The van der Waals surface area contributed by atoms with Gasteiger partial charge in [0, 0.05) is 25.7 Å². The van der Waals surface area contributed by atoms with Crippen LogP contribution in [0.1, 0.15) is 82.5 Å². The van der Waals surface area contributed by atoms with Crippen LogP contribution in [0.2, 0.25) is 0 Å². The first-order valence-corrected chi connectivity index (χ1v) is 17.1. The minimum Gasteiger partial charge on any atom is -0.455 e. The minimum absolute atomic E-state index is 0.217. The van der Waals surface area contributed by atoms with E-state index in [2.05, 4.69) is 62.4 Å². The van der Waals surface area contributed by atoms with Crippen LogP contribution in [-0.4, -0.2) is 23.1 Å². The summed E-state index contributed by atoms with van der Waals surface area (Å²) in [5.41, 5.74) is 3.18. The van der Waals surface area contributed by atoms with Crippen LogP contribution in [0.25, 0.3) is 0 Å². The Kier molecular flexibility index (Phi) is 12.0. The zero-order valence-corrected chi connectivity index (χ0v) is 28.1. The van der Waals surface area contributed by atoms with Crippen molar-refractivity contribution in [3.63, 3.8) is 0 Å². The van der Waals surface area contributed by atoms with Crippen LogP contribution in [0.3, 0.4) is 0 Å². The molecule has 0 radical (unpaired) electrons. The van der Waals surface area contributed by atoms with Gasteiger partial charge in [0.15, 0.2) is 0 Å². The summed E-state index contributed by atoms with van der Waals surface area (Å²) in [6.07, 6.45) is 5.23. The van der Waals surface area contributed by atoms with Crippen LogP contribution >= 0.6 is 0 Å². The predicted octanol–water partition coefficient (Wildman–Crippen LogP) is 10.0. The first kappa shape index (κ1) is 34.4. The number of benzene rings is 5. The van der Waals surface area contributed by atoms with Crippen molar-refractivity contribution in [1.29, 1.82) is 0 Å². The van der Waals surface area contributed by atoms with Gasteiger partial charge in [0.2, 0.25) is 0 Å². The highest BCUT2D eigenvalue weighted by Gasteiger charge is 2.38. The molecule has 5 aromatic carbocycles. The van der Waals surface area contributed by atoms with Crippen LogP contribution in [0.5, 0.6) is 0 Å². The van der Waals surface area contributed by atoms with Gasteiger partial charge in [-0.15, -0.1) is 0 Å². The van der Waals surface area contributed by atoms with E-state index in [1.807, 2.05) is 72.8 Å². The van der Waals surface area contributed by atoms with Crippen LogP contribution in [0.15, 0.2) is 146 Å². The highest BCUT2D eigenvalue weighted by Crippen LogP contribution is 2.33. The SMILES string of the molecule is CCCC(Cc1ccccc1)(Cc1ccccc1)OC(=O)c1ccccc1C(=O)OC(CCC)(Cc1ccccc1)Cc1ccccc1. The highest BCUT2D eigenvalue weighted by atomic mass is 16.6. The Morgan fingerprint density at radius 2 is 0.667 bits per heavy atom. The van der Waals surface area contributed by atoms with Crippen molar-refractivity contribution in [2.45, 2.75) is 76.4 Å². The van der Waals surface area contributed by atoms with E-state index in [-0.39, 0.29) is 11.1 Å². The maximum Gasteiger partial charge on any atom is 0.339 e. The number of hydrogen-bond acceptors (Lipinski definition) is 4. The molecule has 0 aliphatic rings. The molecule has 0 saturated heterocycles. The van der Waals surface area contributed by atoms with Crippen LogP contribution < -0.4 is 0 Å². The van der Waals surface area contributed by atoms with E-state index in [1.54, 1.807) is 24.3 Å². The van der Waals surface area contributed by atoms with Gasteiger partial charge < -0.3 is 9.47 Å². The second kappa shape index (κ2) is 16.7. The lowest BCUT2D eigenvalue weighted by molar-refractivity contribution is -0.0277. The van der Waals surface area contributed by atoms with Gasteiger partial charge in [-0.2, -0.15) is 0 Å². The van der Waals surface area contributed by atoms with Gasteiger partial charge in [-0.3, -0.25) is 0 Å². The Labute approximate surface area is 285 Å². The summed E-state index contributed by atoms with van der Waals surface area (Å²) >= 11 is 0. The van der Waals surface area contributed by atoms with Crippen molar-refractivity contribution < 1.29 is 19.1 Å². The van der Waals surface area contributed by atoms with E-state index in [0.717, 1.165) is 35.1 Å². The third kappa shape index (κ3) is 9.32. The van der Waals surface area contributed by atoms with Crippen molar-refractivity contribution in [2.24, 2.45) is 0 Å². The van der Waals surface area contributed by atoms with Crippen molar-refractivity contribution in [2.75, 3.05) is 0 Å². The monoisotopic (exact) mass is 638 g/mol. The van der Waals surface area contributed by atoms with Gasteiger partial charge in [0.1, 0.15) is 11.2 Å². The molecule has 0 atom stereocenters. The van der Waals surface area contributed by atoms with Crippen LogP contribution in [0.4, 0.5) is 0 Å². The zero-order chi connectivity index (χ0) is 33.7. The van der Waals surface area contributed by atoms with E-state index >= 15 is 0 Å². The maximum atomic E-state index is 14.3. The summed E-state index contributed by atoms with van der Waals surface area (Å²) in [6.45, 7) is 4.22. The molecular formula is C44H46O4. The molecule has 5 rings (SSSR count). The van der Waals surface area contributed by atoms with Gasteiger partial charge in [0.25, 0.3) is 0 Å². The normalized spacial score (nSPS) is 11.5. The molecule has 0 fully saturated rings. The Morgan fingerprint density at radius 3 is 0.917 bits per heavy atom. The molecule has 0 unspecified atom stereocenters. The first-order chi connectivity index (χ1) is 23.4. The topological polar surface area (TPSA) is 52.6 Å². The Bertz CT molecular complexity index is 1500. The molecule has 0 amide bonds. The number of hydrogen-bond donors (Lipinski definition) is 0. The minimum atomic E-state index is -0.807. The number of esters is 2. The standard InChI is InChI=1S/C44H46O4/c1-3-29-43(31-35-19-9-5-10-20-35,32-36-21-11-6-12-22-36)47-41(45)39-27-17-18-28-40(39)42(46)48-44(30-4-2,33-37-23-13-7-14-24-37)34-38-25-15-8-16-26-38/h5-28H,3-4,29-34H2,1-2H3. The van der Waals surface area contributed by atoms with Crippen molar-refractivity contribution >= 4 is 11.9 Å². The summed E-state index contributed by atoms with van der Waals surface area (Å²) in [6, 6.07) is 47.5. The van der Waals surface area contributed by atoms with E-state index in [0.29, 0.717) is 38.5 Å². The fourth-order valence-electron chi connectivity index (χ4n) is 6.85. The van der Waals surface area contributed by atoms with Crippen molar-refractivity contribution in [3.8, 4) is 0 Å². The van der Waals surface area contributed by atoms with Gasteiger partial charge in [-0.05, 0) is 47.2 Å². The van der Waals surface area contributed by atoms with Gasteiger partial charge in [-0.1, -0.05) is 160 Å². The van der Waals surface area contributed by atoms with Crippen LogP contribution in [-0.2, 0) is 35.2 Å². The van der Waals surface area contributed by atoms with E-state index in [1.165, 1.54) is 0 Å². The smallest absolute Gasteiger partial charge is 0.339 e. The number of ether oxygens (including phenoxy) is 2.